The van der Waals surface area contributed by atoms with Crippen molar-refractivity contribution in [2.24, 2.45) is 5.92 Å². The Morgan fingerprint density at radius 2 is 2.38 bits per heavy atom. The molecule has 3 nitrogen and oxygen atoms in total. The van der Waals surface area contributed by atoms with E-state index in [1.54, 1.807) is 0 Å². The van der Waals surface area contributed by atoms with Crippen LogP contribution in [0.25, 0.3) is 0 Å². The van der Waals surface area contributed by atoms with Gasteiger partial charge in [-0.15, -0.1) is 0 Å². The quantitative estimate of drug-likeness (QED) is 0.706. The third-order valence-electron chi connectivity index (χ3n) is 2.56. The summed E-state index contributed by atoms with van der Waals surface area (Å²) >= 11 is 0. The van der Waals surface area contributed by atoms with E-state index < -0.39 is 0 Å². The minimum atomic E-state index is -0.217. The van der Waals surface area contributed by atoms with Crippen LogP contribution in [0.1, 0.15) is 11.5 Å². The Morgan fingerprint density at radius 1 is 1.54 bits per heavy atom. The second kappa shape index (κ2) is 3.52. The van der Waals surface area contributed by atoms with Crippen LogP contribution in [0.5, 0.6) is 0 Å². The largest absolute Gasteiger partial charge is 0.466 e. The van der Waals surface area contributed by atoms with Crippen LogP contribution in [-0.2, 0) is 6.42 Å². The molecule has 2 atom stereocenters. The molecule has 72 valence electrons. The van der Waals surface area contributed by atoms with Crippen molar-refractivity contribution in [1.82, 2.24) is 5.32 Å². The van der Waals surface area contributed by atoms with E-state index in [2.05, 4.69) is 5.32 Å². The molecular formula is C10H15NO2. The van der Waals surface area contributed by atoms with Gasteiger partial charge in [-0.25, -0.2) is 0 Å². The van der Waals surface area contributed by atoms with Crippen molar-refractivity contribution in [3.63, 3.8) is 0 Å². The smallest absolute Gasteiger partial charge is 0.104 e. The van der Waals surface area contributed by atoms with Crippen molar-refractivity contribution in [3.8, 4) is 0 Å². The minimum absolute atomic E-state index is 0.217. The normalized spacial score (nSPS) is 28.2. The SMILES string of the molecule is Cc1ccc(C[C@@H]2CNC[C@H]2O)o1. The van der Waals surface area contributed by atoms with Crippen LogP contribution in [0.3, 0.4) is 0 Å². The number of hydrogen-bond acceptors (Lipinski definition) is 3. The second-order valence-electron chi connectivity index (χ2n) is 3.70. The predicted molar refractivity (Wildman–Crippen MR) is 49.5 cm³/mol. The molecule has 1 aromatic rings. The molecule has 0 aliphatic carbocycles. The van der Waals surface area contributed by atoms with Gasteiger partial charge in [0.05, 0.1) is 6.10 Å². The lowest BCUT2D eigenvalue weighted by Gasteiger charge is -2.10. The fraction of sp³-hybridized carbons (Fsp3) is 0.600. The highest BCUT2D eigenvalue weighted by Crippen LogP contribution is 2.17. The van der Waals surface area contributed by atoms with Gasteiger partial charge >= 0.3 is 0 Å². The fourth-order valence-corrected chi connectivity index (χ4v) is 1.78. The zero-order valence-electron chi connectivity index (χ0n) is 7.79. The van der Waals surface area contributed by atoms with Crippen LogP contribution in [-0.4, -0.2) is 24.3 Å². The molecule has 0 aromatic carbocycles. The lowest BCUT2D eigenvalue weighted by atomic mass is 10.0. The van der Waals surface area contributed by atoms with Gasteiger partial charge < -0.3 is 14.8 Å². The van der Waals surface area contributed by atoms with Crippen molar-refractivity contribution >= 4 is 0 Å². The molecule has 0 radical (unpaired) electrons. The van der Waals surface area contributed by atoms with Gasteiger partial charge in [0.25, 0.3) is 0 Å². The molecule has 2 heterocycles. The topological polar surface area (TPSA) is 45.4 Å². The maximum atomic E-state index is 9.55. The van der Waals surface area contributed by atoms with Gasteiger partial charge in [-0.2, -0.15) is 0 Å². The minimum Gasteiger partial charge on any atom is -0.466 e. The predicted octanol–water partition coefficient (Wildman–Crippen LogP) is 0.711. The number of furan rings is 1. The molecule has 1 aliphatic rings. The van der Waals surface area contributed by atoms with Crippen LogP contribution in [0.15, 0.2) is 16.5 Å². The van der Waals surface area contributed by atoms with Crippen molar-refractivity contribution in [3.05, 3.63) is 23.7 Å². The fourth-order valence-electron chi connectivity index (χ4n) is 1.78. The summed E-state index contributed by atoms with van der Waals surface area (Å²) in [6.07, 6.45) is 0.618. The number of aryl methyl sites for hydroxylation is 1. The summed E-state index contributed by atoms with van der Waals surface area (Å²) in [6.45, 7) is 3.54. The summed E-state index contributed by atoms with van der Waals surface area (Å²) < 4.78 is 5.45. The van der Waals surface area contributed by atoms with Crippen molar-refractivity contribution in [2.45, 2.75) is 19.4 Å². The van der Waals surface area contributed by atoms with E-state index in [0.29, 0.717) is 12.5 Å². The second-order valence-corrected chi connectivity index (χ2v) is 3.70. The Hall–Kier alpha value is -0.800. The van der Waals surface area contributed by atoms with Crippen molar-refractivity contribution < 1.29 is 9.52 Å². The molecule has 3 heteroatoms. The van der Waals surface area contributed by atoms with E-state index in [1.807, 2.05) is 19.1 Å². The van der Waals surface area contributed by atoms with E-state index in [1.165, 1.54) is 0 Å². The summed E-state index contributed by atoms with van der Waals surface area (Å²) in [7, 11) is 0. The Labute approximate surface area is 77.8 Å². The highest BCUT2D eigenvalue weighted by Gasteiger charge is 2.25. The van der Waals surface area contributed by atoms with Gasteiger partial charge in [0.15, 0.2) is 0 Å². The molecule has 1 aromatic heterocycles. The Morgan fingerprint density at radius 3 is 2.92 bits per heavy atom. The van der Waals surface area contributed by atoms with E-state index in [9.17, 15) is 5.11 Å². The monoisotopic (exact) mass is 181 g/mol. The third-order valence-corrected chi connectivity index (χ3v) is 2.56. The third kappa shape index (κ3) is 1.92. The Balaban J connectivity index is 1.97. The number of nitrogens with one attached hydrogen (secondary N) is 1. The van der Waals surface area contributed by atoms with Crippen molar-refractivity contribution in [2.75, 3.05) is 13.1 Å². The average Bonchev–Trinajstić information content (AvgIpc) is 2.64. The molecule has 0 spiro atoms. The number of aliphatic hydroxyl groups excluding tert-OH is 1. The van der Waals surface area contributed by atoms with E-state index in [0.717, 1.165) is 24.5 Å². The molecule has 1 aliphatic heterocycles. The van der Waals surface area contributed by atoms with Gasteiger partial charge in [-0.3, -0.25) is 0 Å². The summed E-state index contributed by atoms with van der Waals surface area (Å²) in [5, 5.41) is 12.7. The lowest BCUT2D eigenvalue weighted by Crippen LogP contribution is -2.19. The number of rotatable bonds is 2. The molecule has 1 fully saturated rings. The molecule has 0 saturated carbocycles. The van der Waals surface area contributed by atoms with Crippen LogP contribution in [0.2, 0.25) is 0 Å². The standard InChI is InChI=1S/C10H15NO2/c1-7-2-3-9(13-7)4-8-5-11-6-10(8)12/h2-3,8,10-12H,4-6H2,1H3/t8-,10-/m1/s1. The zero-order valence-corrected chi connectivity index (χ0v) is 7.79. The van der Waals surface area contributed by atoms with Crippen LogP contribution < -0.4 is 5.32 Å². The van der Waals surface area contributed by atoms with Gasteiger partial charge in [0.1, 0.15) is 11.5 Å². The van der Waals surface area contributed by atoms with Gasteiger partial charge in [0, 0.05) is 25.4 Å². The van der Waals surface area contributed by atoms with E-state index in [4.69, 9.17) is 4.42 Å². The number of hydrogen-bond donors (Lipinski definition) is 2. The Bertz CT molecular complexity index is 282. The summed E-state index contributed by atoms with van der Waals surface area (Å²) in [4.78, 5) is 0. The first-order valence-corrected chi connectivity index (χ1v) is 4.70. The average molecular weight is 181 g/mol. The maximum absolute atomic E-state index is 9.55. The van der Waals surface area contributed by atoms with E-state index >= 15 is 0 Å². The van der Waals surface area contributed by atoms with Gasteiger partial charge in [0.2, 0.25) is 0 Å². The highest BCUT2D eigenvalue weighted by molar-refractivity contribution is 5.07. The Kier molecular flexibility index (Phi) is 2.38. The van der Waals surface area contributed by atoms with Crippen molar-refractivity contribution in [1.29, 1.82) is 0 Å². The summed E-state index contributed by atoms with van der Waals surface area (Å²) in [5.74, 6) is 2.23. The molecule has 13 heavy (non-hydrogen) atoms. The number of aliphatic hydroxyl groups is 1. The molecule has 2 rings (SSSR count). The van der Waals surface area contributed by atoms with Crippen LogP contribution in [0.4, 0.5) is 0 Å². The summed E-state index contributed by atoms with van der Waals surface area (Å²) in [5.41, 5.74) is 0. The number of β-amino-alcohol motifs (C(OH)–C–C–N with tert-alkyl or cyclic N) is 1. The van der Waals surface area contributed by atoms with Crippen LogP contribution in [0, 0.1) is 12.8 Å². The summed E-state index contributed by atoms with van der Waals surface area (Å²) in [6, 6.07) is 3.95. The lowest BCUT2D eigenvalue weighted by molar-refractivity contribution is 0.144. The molecule has 1 saturated heterocycles. The molecule has 2 N–H and O–H groups in total. The first-order chi connectivity index (χ1) is 6.25. The first-order valence-electron chi connectivity index (χ1n) is 4.70. The van der Waals surface area contributed by atoms with Gasteiger partial charge in [-0.05, 0) is 19.1 Å². The maximum Gasteiger partial charge on any atom is 0.104 e. The molecular weight excluding hydrogens is 166 g/mol. The highest BCUT2D eigenvalue weighted by atomic mass is 16.3. The molecule has 0 amide bonds. The van der Waals surface area contributed by atoms with Gasteiger partial charge in [-0.1, -0.05) is 0 Å². The zero-order chi connectivity index (χ0) is 9.26. The molecule has 0 unspecified atom stereocenters. The first kappa shape index (κ1) is 8.78. The van der Waals surface area contributed by atoms with E-state index in [-0.39, 0.29) is 6.10 Å². The molecule has 0 bridgehead atoms. The van der Waals surface area contributed by atoms with Crippen LogP contribution >= 0.6 is 0 Å².